The van der Waals surface area contributed by atoms with Crippen molar-refractivity contribution in [1.82, 2.24) is 0 Å². The van der Waals surface area contributed by atoms with Gasteiger partial charge in [0, 0.05) is 5.57 Å². The Hall–Kier alpha value is -2.25. The van der Waals surface area contributed by atoms with Crippen LogP contribution in [-0.4, -0.2) is 17.9 Å². The van der Waals surface area contributed by atoms with Gasteiger partial charge in [-0.25, -0.2) is 13.6 Å². The fourth-order valence-electron chi connectivity index (χ4n) is 1.13. The van der Waals surface area contributed by atoms with Gasteiger partial charge < -0.3 is 4.84 Å². The van der Waals surface area contributed by atoms with Gasteiger partial charge in [0.2, 0.25) is 0 Å². The number of benzene rings is 1. The molecule has 1 rings (SSSR count). The van der Waals surface area contributed by atoms with E-state index in [1.165, 1.54) is 6.92 Å². The van der Waals surface area contributed by atoms with Crippen molar-refractivity contribution in [3.8, 4) is 0 Å². The van der Waals surface area contributed by atoms with Crippen LogP contribution in [0.4, 0.5) is 22.0 Å². The monoisotopic (exact) mass is 293 g/mol. The predicted octanol–water partition coefficient (Wildman–Crippen LogP) is 3.35. The Bertz CT molecular complexity index is 557. The van der Waals surface area contributed by atoms with Crippen LogP contribution in [0.1, 0.15) is 12.5 Å². The summed E-state index contributed by atoms with van der Waals surface area (Å²) in [5, 5.41) is 2.51. The standard InChI is InChI=1S/C12H8F5NO2/c1-6(2)11(19)20-18-10(12(15,16)17)9-7(13)4-3-5-8(9)14/h3-5H,1H2,2H3. The van der Waals surface area contributed by atoms with E-state index in [1.807, 2.05) is 0 Å². The van der Waals surface area contributed by atoms with E-state index in [2.05, 4.69) is 16.6 Å². The van der Waals surface area contributed by atoms with E-state index >= 15 is 0 Å². The number of carbonyl (C=O) groups excluding carboxylic acids is 1. The van der Waals surface area contributed by atoms with Gasteiger partial charge in [-0.1, -0.05) is 17.8 Å². The van der Waals surface area contributed by atoms with Crippen molar-refractivity contribution in [2.24, 2.45) is 5.16 Å². The van der Waals surface area contributed by atoms with Crippen LogP contribution >= 0.6 is 0 Å². The summed E-state index contributed by atoms with van der Waals surface area (Å²) in [6.45, 7) is 4.31. The molecule has 0 aliphatic carbocycles. The summed E-state index contributed by atoms with van der Waals surface area (Å²) in [6.07, 6.45) is -5.21. The first-order valence-electron chi connectivity index (χ1n) is 5.11. The van der Waals surface area contributed by atoms with E-state index < -0.39 is 35.1 Å². The Kier molecular flexibility index (Phi) is 4.59. The highest BCUT2D eigenvalue weighted by Gasteiger charge is 2.41. The van der Waals surface area contributed by atoms with Crippen molar-refractivity contribution in [2.75, 3.05) is 0 Å². The average Bonchev–Trinajstić information content (AvgIpc) is 2.30. The van der Waals surface area contributed by atoms with Gasteiger partial charge in [-0.05, 0) is 19.1 Å². The largest absolute Gasteiger partial charge is 0.437 e. The number of oxime groups is 1. The molecule has 0 saturated carbocycles. The Balaban J connectivity index is 3.31. The molecule has 0 aliphatic heterocycles. The van der Waals surface area contributed by atoms with Gasteiger partial charge in [-0.15, -0.1) is 0 Å². The van der Waals surface area contributed by atoms with E-state index in [-0.39, 0.29) is 5.57 Å². The van der Waals surface area contributed by atoms with Crippen LogP contribution in [0, 0.1) is 11.6 Å². The third-order valence-corrected chi connectivity index (χ3v) is 2.04. The van der Waals surface area contributed by atoms with Gasteiger partial charge in [-0.3, -0.25) is 0 Å². The van der Waals surface area contributed by atoms with Crippen LogP contribution in [0.2, 0.25) is 0 Å². The number of alkyl halides is 3. The normalized spacial score (nSPS) is 12.2. The molecule has 0 N–H and O–H groups in total. The Labute approximate surface area is 110 Å². The molecule has 0 atom stereocenters. The van der Waals surface area contributed by atoms with Crippen LogP contribution < -0.4 is 0 Å². The lowest BCUT2D eigenvalue weighted by molar-refractivity contribution is -0.139. The number of nitrogens with zero attached hydrogens (tertiary/aromatic N) is 1. The summed E-state index contributed by atoms with van der Waals surface area (Å²) in [5.41, 5.74) is -3.62. The zero-order chi connectivity index (χ0) is 15.5. The summed E-state index contributed by atoms with van der Waals surface area (Å²) in [4.78, 5) is 14.9. The van der Waals surface area contributed by atoms with Crippen molar-refractivity contribution in [3.63, 3.8) is 0 Å². The lowest BCUT2D eigenvalue weighted by Gasteiger charge is -2.11. The summed E-state index contributed by atoms with van der Waals surface area (Å²) >= 11 is 0. The lowest BCUT2D eigenvalue weighted by Crippen LogP contribution is -2.27. The molecule has 0 spiro atoms. The molecule has 8 heteroatoms. The topological polar surface area (TPSA) is 38.7 Å². The predicted molar refractivity (Wildman–Crippen MR) is 59.9 cm³/mol. The molecule has 0 bridgehead atoms. The van der Waals surface area contributed by atoms with Crippen molar-refractivity contribution in [2.45, 2.75) is 13.1 Å². The van der Waals surface area contributed by atoms with Gasteiger partial charge in [-0.2, -0.15) is 13.2 Å². The molecule has 1 aromatic rings. The maximum absolute atomic E-state index is 13.3. The SMILES string of the molecule is C=C(C)C(=O)ON=C(c1c(F)cccc1F)C(F)(F)F. The number of rotatable bonds is 3. The molecule has 0 aromatic heterocycles. The Morgan fingerprint density at radius 1 is 1.25 bits per heavy atom. The average molecular weight is 293 g/mol. The molecule has 3 nitrogen and oxygen atoms in total. The second-order valence-corrected chi connectivity index (χ2v) is 3.69. The molecule has 0 radical (unpaired) electrons. The molecule has 1 aromatic carbocycles. The lowest BCUT2D eigenvalue weighted by atomic mass is 10.1. The van der Waals surface area contributed by atoms with Crippen molar-refractivity contribution in [1.29, 1.82) is 0 Å². The first-order chi connectivity index (χ1) is 9.14. The summed E-state index contributed by atoms with van der Waals surface area (Å²) < 4.78 is 64.9. The zero-order valence-corrected chi connectivity index (χ0v) is 10.1. The highest BCUT2D eigenvalue weighted by molar-refractivity contribution is 6.05. The van der Waals surface area contributed by atoms with E-state index in [4.69, 9.17) is 0 Å². The van der Waals surface area contributed by atoms with Gasteiger partial charge in [0.05, 0.1) is 5.56 Å². The maximum Gasteiger partial charge on any atom is 0.437 e. The minimum atomic E-state index is -5.21. The molecule has 0 amide bonds. The molecular formula is C12H8F5NO2. The van der Waals surface area contributed by atoms with Gasteiger partial charge in [0.15, 0.2) is 5.71 Å². The third kappa shape index (κ3) is 3.62. The van der Waals surface area contributed by atoms with Crippen LogP contribution in [-0.2, 0) is 9.63 Å². The van der Waals surface area contributed by atoms with Crippen LogP contribution in [0.3, 0.4) is 0 Å². The molecule has 0 heterocycles. The quantitative estimate of drug-likeness (QED) is 0.282. The van der Waals surface area contributed by atoms with Gasteiger partial charge in [0.25, 0.3) is 0 Å². The van der Waals surface area contributed by atoms with Crippen molar-refractivity contribution < 1.29 is 31.6 Å². The van der Waals surface area contributed by atoms with Crippen molar-refractivity contribution >= 4 is 11.7 Å². The molecule has 0 aliphatic rings. The summed E-state index contributed by atoms with van der Waals surface area (Å²) in [6, 6.07) is 2.14. The van der Waals surface area contributed by atoms with E-state index in [9.17, 15) is 26.7 Å². The summed E-state index contributed by atoms with van der Waals surface area (Å²) in [5.74, 6) is -4.21. The number of halogens is 5. The fraction of sp³-hybridized carbons (Fsp3) is 0.167. The number of hydrogen-bond acceptors (Lipinski definition) is 3. The zero-order valence-electron chi connectivity index (χ0n) is 10.1. The van der Waals surface area contributed by atoms with E-state index in [0.29, 0.717) is 12.1 Å². The van der Waals surface area contributed by atoms with Crippen LogP contribution in [0.15, 0.2) is 35.5 Å². The second kappa shape index (κ2) is 5.81. The van der Waals surface area contributed by atoms with Crippen LogP contribution in [0.5, 0.6) is 0 Å². The minimum absolute atomic E-state index is 0.218. The first kappa shape index (κ1) is 15.8. The van der Waals surface area contributed by atoms with Gasteiger partial charge in [0.1, 0.15) is 11.6 Å². The van der Waals surface area contributed by atoms with Crippen LogP contribution in [0.25, 0.3) is 0 Å². The Morgan fingerprint density at radius 2 is 1.75 bits per heavy atom. The molecule has 0 fully saturated rings. The molecule has 0 saturated heterocycles. The van der Waals surface area contributed by atoms with Gasteiger partial charge >= 0.3 is 12.1 Å². The third-order valence-electron chi connectivity index (χ3n) is 2.04. The smallest absolute Gasteiger partial charge is 0.313 e. The van der Waals surface area contributed by atoms with Crippen molar-refractivity contribution in [3.05, 3.63) is 47.5 Å². The molecule has 0 unspecified atom stereocenters. The first-order valence-corrected chi connectivity index (χ1v) is 5.11. The summed E-state index contributed by atoms with van der Waals surface area (Å²) in [7, 11) is 0. The molecule has 108 valence electrons. The Morgan fingerprint density at radius 3 is 2.15 bits per heavy atom. The number of hydrogen-bond donors (Lipinski definition) is 0. The fourth-order valence-corrected chi connectivity index (χ4v) is 1.13. The maximum atomic E-state index is 13.3. The highest BCUT2D eigenvalue weighted by Crippen LogP contribution is 2.26. The highest BCUT2D eigenvalue weighted by atomic mass is 19.4. The van der Waals surface area contributed by atoms with E-state index in [0.717, 1.165) is 6.07 Å². The van der Waals surface area contributed by atoms with E-state index in [1.54, 1.807) is 0 Å². The number of carbonyl (C=O) groups is 1. The molecule has 20 heavy (non-hydrogen) atoms. The molecular weight excluding hydrogens is 285 g/mol. The minimum Gasteiger partial charge on any atom is -0.313 e. The second-order valence-electron chi connectivity index (χ2n) is 3.69.